The number of ether oxygens (including phenoxy) is 3. The standard InChI is InChI=1S/C36H48N4O6/c1-39(26-10-11-27(20-26)46-17-4-3-7-24-9-8-23-6-5-16-37-33(23)38-24)32(34(41)42)29-21-28(44-2)22-30-31(29)36(14-15-36)35(43)40(30)25-12-18-45-19-13-25/h8-9,21-22,25-27,32H,3-7,10-20H2,1-2H3,(H,37,38)(H,41,42)/t26-,27-,32-/m0/s1. The van der Waals surface area contributed by atoms with Crippen molar-refractivity contribution in [1.82, 2.24) is 9.88 Å². The number of likely N-dealkylation sites (N-methyl/N-ethyl adjacent to an activating group) is 1. The molecule has 1 aromatic heterocycles. The van der Waals surface area contributed by atoms with Crippen molar-refractivity contribution in [3.8, 4) is 5.75 Å². The minimum Gasteiger partial charge on any atom is -0.497 e. The molecular formula is C36H48N4O6. The van der Waals surface area contributed by atoms with Crippen molar-refractivity contribution < 1.29 is 28.9 Å². The van der Waals surface area contributed by atoms with Crippen molar-refractivity contribution in [3.05, 3.63) is 46.6 Å². The molecule has 1 spiro atoms. The highest BCUT2D eigenvalue weighted by Crippen LogP contribution is 2.61. The van der Waals surface area contributed by atoms with Gasteiger partial charge in [-0.2, -0.15) is 0 Å². The van der Waals surface area contributed by atoms with Crippen molar-refractivity contribution >= 4 is 23.4 Å². The topological polar surface area (TPSA) is 113 Å². The lowest BCUT2D eigenvalue weighted by molar-refractivity contribution is -0.144. The molecule has 10 heteroatoms. The predicted molar refractivity (Wildman–Crippen MR) is 175 cm³/mol. The van der Waals surface area contributed by atoms with Gasteiger partial charge in [-0.15, -0.1) is 0 Å². The molecule has 3 atom stereocenters. The summed E-state index contributed by atoms with van der Waals surface area (Å²) in [6.45, 7) is 2.95. The van der Waals surface area contributed by atoms with Crippen LogP contribution >= 0.6 is 0 Å². The number of carboxylic acids is 1. The quantitative estimate of drug-likeness (QED) is 0.311. The summed E-state index contributed by atoms with van der Waals surface area (Å²) in [5, 5.41) is 14.1. The first-order valence-electron chi connectivity index (χ1n) is 17.3. The minimum absolute atomic E-state index is 0.0555. The average Bonchev–Trinajstić information content (AvgIpc) is 3.66. The Balaban J connectivity index is 1.01. The SMILES string of the molecule is COc1cc([C@@H](C(=O)O)N(C)[C@H]2CC[C@H](OCCCCc3ccc4c(n3)NCCC4)C2)c2c(c1)N(C1CCOCC1)C(=O)C21CC1. The predicted octanol–water partition coefficient (Wildman–Crippen LogP) is 5.02. The smallest absolute Gasteiger partial charge is 0.325 e. The van der Waals surface area contributed by atoms with Gasteiger partial charge in [0.1, 0.15) is 17.6 Å². The molecule has 10 nitrogen and oxygen atoms in total. The van der Waals surface area contributed by atoms with Crippen LogP contribution in [-0.4, -0.2) is 85.6 Å². The molecule has 46 heavy (non-hydrogen) atoms. The highest BCUT2D eigenvalue weighted by molar-refractivity contribution is 6.11. The number of hydrogen-bond acceptors (Lipinski definition) is 8. The number of anilines is 2. The van der Waals surface area contributed by atoms with Gasteiger partial charge in [-0.05, 0) is 113 Å². The third-order valence-electron chi connectivity index (χ3n) is 11.0. The second kappa shape index (κ2) is 13.1. The fraction of sp³-hybridized carbons (Fsp3) is 0.639. The summed E-state index contributed by atoms with van der Waals surface area (Å²) >= 11 is 0. The van der Waals surface area contributed by atoms with Crippen molar-refractivity contribution in [2.45, 2.75) is 107 Å². The van der Waals surface area contributed by atoms with E-state index in [0.717, 1.165) is 99.9 Å². The Labute approximate surface area is 271 Å². The molecule has 3 aliphatic heterocycles. The van der Waals surface area contributed by atoms with E-state index >= 15 is 0 Å². The lowest BCUT2D eigenvalue weighted by Crippen LogP contribution is -2.43. The zero-order valence-electron chi connectivity index (χ0n) is 27.3. The van der Waals surface area contributed by atoms with Crippen molar-refractivity contribution in [2.75, 3.05) is 50.7 Å². The highest BCUT2D eigenvalue weighted by Gasteiger charge is 2.62. The van der Waals surface area contributed by atoms with Gasteiger partial charge in [-0.1, -0.05) is 6.07 Å². The van der Waals surface area contributed by atoms with Crippen LogP contribution in [0.25, 0.3) is 0 Å². The number of hydrogen-bond donors (Lipinski definition) is 2. The van der Waals surface area contributed by atoms with Crippen LogP contribution in [0.3, 0.4) is 0 Å². The number of aryl methyl sites for hydroxylation is 2. The summed E-state index contributed by atoms with van der Waals surface area (Å²) in [7, 11) is 3.53. The van der Waals surface area contributed by atoms with Gasteiger partial charge in [0.15, 0.2) is 0 Å². The number of carbonyl (C=O) groups excluding carboxylic acids is 1. The van der Waals surface area contributed by atoms with Crippen molar-refractivity contribution in [3.63, 3.8) is 0 Å². The Bertz CT molecular complexity index is 1450. The summed E-state index contributed by atoms with van der Waals surface area (Å²) in [6, 6.07) is 7.42. The van der Waals surface area contributed by atoms with E-state index in [0.29, 0.717) is 31.1 Å². The molecule has 0 bridgehead atoms. The molecule has 0 unspecified atom stereocenters. The van der Waals surface area contributed by atoms with E-state index < -0.39 is 17.4 Å². The number of pyridine rings is 1. The molecule has 1 saturated heterocycles. The molecule has 5 aliphatic rings. The molecule has 2 aromatic rings. The van der Waals surface area contributed by atoms with Gasteiger partial charge in [-0.25, -0.2) is 4.98 Å². The molecular weight excluding hydrogens is 584 g/mol. The Hall–Kier alpha value is -3.21. The monoisotopic (exact) mass is 632 g/mol. The second-order valence-corrected chi connectivity index (χ2v) is 13.9. The molecule has 2 saturated carbocycles. The van der Waals surface area contributed by atoms with Gasteiger partial charge in [0.05, 0.1) is 24.3 Å². The number of carbonyl (C=O) groups is 2. The average molecular weight is 633 g/mol. The van der Waals surface area contributed by atoms with Crippen LogP contribution in [0.2, 0.25) is 0 Å². The lowest BCUT2D eigenvalue weighted by Gasteiger charge is -2.33. The molecule has 0 radical (unpaired) electrons. The van der Waals surface area contributed by atoms with Crippen LogP contribution < -0.4 is 15.0 Å². The number of fused-ring (bicyclic) bond motifs is 3. The van der Waals surface area contributed by atoms with Gasteiger partial charge in [0.25, 0.3) is 0 Å². The third-order valence-corrected chi connectivity index (χ3v) is 11.0. The molecule has 1 amide bonds. The van der Waals surface area contributed by atoms with Gasteiger partial charge < -0.3 is 29.5 Å². The second-order valence-electron chi connectivity index (χ2n) is 13.9. The first-order valence-corrected chi connectivity index (χ1v) is 17.3. The van der Waals surface area contributed by atoms with E-state index in [2.05, 4.69) is 17.4 Å². The Morgan fingerprint density at radius 1 is 1.20 bits per heavy atom. The van der Waals surface area contributed by atoms with E-state index in [-0.39, 0.29) is 24.1 Å². The molecule has 7 rings (SSSR count). The summed E-state index contributed by atoms with van der Waals surface area (Å²) in [6.07, 6.45) is 11.0. The molecule has 2 N–H and O–H groups in total. The molecule has 4 heterocycles. The number of carboxylic acid groups (broad SMARTS) is 1. The number of aromatic nitrogens is 1. The third kappa shape index (κ3) is 5.88. The zero-order chi connectivity index (χ0) is 31.8. The van der Waals surface area contributed by atoms with Crippen LogP contribution in [0.1, 0.15) is 92.6 Å². The summed E-state index contributed by atoms with van der Waals surface area (Å²) in [5.41, 5.74) is 4.26. The Kier molecular flexibility index (Phi) is 8.96. The maximum atomic E-state index is 14.0. The van der Waals surface area contributed by atoms with Gasteiger partial charge in [0.2, 0.25) is 5.91 Å². The number of rotatable bonds is 12. The molecule has 3 fully saturated rings. The van der Waals surface area contributed by atoms with Crippen LogP contribution in [-0.2, 0) is 37.3 Å². The van der Waals surface area contributed by atoms with Gasteiger partial charge in [-0.3, -0.25) is 14.5 Å². The molecule has 2 aliphatic carbocycles. The largest absolute Gasteiger partial charge is 0.497 e. The van der Waals surface area contributed by atoms with E-state index in [4.69, 9.17) is 19.2 Å². The van der Waals surface area contributed by atoms with Crippen LogP contribution in [0.4, 0.5) is 11.5 Å². The van der Waals surface area contributed by atoms with Crippen LogP contribution in [0.5, 0.6) is 5.75 Å². The van der Waals surface area contributed by atoms with Gasteiger partial charge >= 0.3 is 5.97 Å². The van der Waals surface area contributed by atoms with Gasteiger partial charge in [0, 0.05) is 50.2 Å². The normalized spacial score (nSPS) is 24.2. The lowest BCUT2D eigenvalue weighted by atomic mass is 9.88. The maximum Gasteiger partial charge on any atom is 0.325 e. The van der Waals surface area contributed by atoms with E-state index in [1.165, 1.54) is 12.0 Å². The fourth-order valence-electron chi connectivity index (χ4n) is 8.35. The molecule has 248 valence electrons. The minimum atomic E-state index is -0.902. The van der Waals surface area contributed by atoms with Crippen LogP contribution in [0.15, 0.2) is 24.3 Å². The zero-order valence-corrected chi connectivity index (χ0v) is 27.3. The highest BCUT2D eigenvalue weighted by atomic mass is 16.5. The number of amides is 1. The Morgan fingerprint density at radius 3 is 2.78 bits per heavy atom. The maximum absolute atomic E-state index is 14.0. The number of aliphatic carboxylic acids is 1. The summed E-state index contributed by atoms with van der Waals surface area (Å²) in [5.74, 6) is 0.853. The fourth-order valence-corrected chi connectivity index (χ4v) is 8.35. The van der Waals surface area contributed by atoms with Crippen molar-refractivity contribution in [1.29, 1.82) is 0 Å². The number of benzene rings is 1. The number of nitrogens with zero attached hydrogens (tertiary/aromatic N) is 3. The molecule has 1 aromatic carbocycles. The number of methoxy groups -OCH3 is 1. The van der Waals surface area contributed by atoms with E-state index in [1.54, 1.807) is 7.11 Å². The van der Waals surface area contributed by atoms with E-state index in [1.807, 2.05) is 29.0 Å². The first kappa shape index (κ1) is 31.4. The first-order chi connectivity index (χ1) is 22.4. The number of nitrogens with one attached hydrogen (secondary N) is 1. The summed E-state index contributed by atoms with van der Waals surface area (Å²) in [4.78, 5) is 35.9. The number of unbranched alkanes of at least 4 members (excludes halogenated alkanes) is 1. The summed E-state index contributed by atoms with van der Waals surface area (Å²) < 4.78 is 17.6. The Morgan fingerprint density at radius 2 is 2.02 bits per heavy atom. The van der Waals surface area contributed by atoms with E-state index in [9.17, 15) is 14.7 Å². The van der Waals surface area contributed by atoms with Crippen molar-refractivity contribution in [2.24, 2.45) is 0 Å². The van der Waals surface area contributed by atoms with Crippen LogP contribution in [0, 0.1) is 0 Å².